The molecule has 2 nitrogen and oxygen atoms in total. The lowest BCUT2D eigenvalue weighted by Crippen LogP contribution is -2.39. The number of carbonyl (C=O) groups excluding carboxylic acids is 2. The zero-order valence-electron chi connectivity index (χ0n) is 10.8. The second kappa shape index (κ2) is 5.60. The topological polar surface area (TPSA) is 34.1 Å². The lowest BCUT2D eigenvalue weighted by atomic mass is 9.63. The first-order valence-corrected chi connectivity index (χ1v) is 6.53. The Labute approximate surface area is 98.8 Å². The molecule has 0 amide bonds. The molecule has 0 N–H and O–H groups in total. The second-order valence-electron chi connectivity index (χ2n) is 5.39. The Hall–Kier alpha value is -0.660. The van der Waals surface area contributed by atoms with Gasteiger partial charge in [0.05, 0.1) is 0 Å². The number of hydrogen-bond acceptors (Lipinski definition) is 2. The minimum absolute atomic E-state index is 0.150. The summed E-state index contributed by atoms with van der Waals surface area (Å²) in [5.74, 6) is 1.19. The third kappa shape index (κ3) is 2.93. The van der Waals surface area contributed by atoms with Gasteiger partial charge < -0.3 is 4.79 Å². The molecule has 92 valence electrons. The van der Waals surface area contributed by atoms with Crippen LogP contribution in [0, 0.1) is 11.3 Å². The zero-order chi connectivity index (χ0) is 12.2. The standard InChI is InChI=1S/C14H24O2/c1-4-12-8-5-9-13(16)14(12,3)10-6-7-11(2)15/h12H,4-10H2,1-3H3/t12-,14-/m0/s1. The van der Waals surface area contributed by atoms with E-state index in [0.717, 1.165) is 32.1 Å². The molecule has 1 aliphatic rings. The van der Waals surface area contributed by atoms with Gasteiger partial charge in [-0.2, -0.15) is 0 Å². The van der Waals surface area contributed by atoms with Gasteiger partial charge in [0, 0.05) is 18.3 Å². The summed E-state index contributed by atoms with van der Waals surface area (Å²) >= 11 is 0. The highest BCUT2D eigenvalue weighted by atomic mass is 16.1. The van der Waals surface area contributed by atoms with E-state index >= 15 is 0 Å². The monoisotopic (exact) mass is 224 g/mol. The van der Waals surface area contributed by atoms with Crippen LogP contribution < -0.4 is 0 Å². The number of carbonyl (C=O) groups is 2. The predicted molar refractivity (Wildman–Crippen MR) is 65.3 cm³/mol. The molecule has 0 unspecified atom stereocenters. The van der Waals surface area contributed by atoms with Crippen molar-refractivity contribution in [2.75, 3.05) is 0 Å². The maximum atomic E-state index is 12.1. The highest BCUT2D eigenvalue weighted by Gasteiger charge is 2.41. The Morgan fingerprint density at radius 2 is 2.19 bits per heavy atom. The van der Waals surface area contributed by atoms with Gasteiger partial charge in [-0.15, -0.1) is 0 Å². The fourth-order valence-corrected chi connectivity index (χ4v) is 3.04. The SMILES string of the molecule is CC[C@H]1CCCC(=O)[C@@]1(C)CCCC(C)=O. The summed E-state index contributed by atoms with van der Waals surface area (Å²) in [4.78, 5) is 23.0. The van der Waals surface area contributed by atoms with Gasteiger partial charge in [-0.25, -0.2) is 0 Å². The lowest BCUT2D eigenvalue weighted by molar-refractivity contribution is -0.135. The van der Waals surface area contributed by atoms with Crippen LogP contribution in [0.3, 0.4) is 0 Å². The van der Waals surface area contributed by atoms with Crippen molar-refractivity contribution in [3.05, 3.63) is 0 Å². The van der Waals surface area contributed by atoms with Gasteiger partial charge in [0.25, 0.3) is 0 Å². The number of rotatable bonds is 5. The van der Waals surface area contributed by atoms with Crippen LogP contribution in [0.1, 0.15) is 65.7 Å². The Bertz CT molecular complexity index is 270. The number of ketones is 2. The summed E-state index contributed by atoms with van der Waals surface area (Å²) in [6.07, 6.45) is 6.45. The molecule has 0 spiro atoms. The fourth-order valence-electron chi connectivity index (χ4n) is 3.04. The normalized spacial score (nSPS) is 30.4. The van der Waals surface area contributed by atoms with Crippen molar-refractivity contribution in [3.8, 4) is 0 Å². The predicted octanol–water partition coefficient (Wildman–Crippen LogP) is 3.53. The first kappa shape index (κ1) is 13.4. The number of hydrogen-bond donors (Lipinski definition) is 0. The highest BCUT2D eigenvalue weighted by Crippen LogP contribution is 2.43. The van der Waals surface area contributed by atoms with Crippen LogP contribution in [0.25, 0.3) is 0 Å². The molecule has 0 saturated heterocycles. The van der Waals surface area contributed by atoms with Crippen molar-refractivity contribution < 1.29 is 9.59 Å². The van der Waals surface area contributed by atoms with Crippen molar-refractivity contribution in [1.29, 1.82) is 0 Å². The largest absolute Gasteiger partial charge is 0.300 e. The van der Waals surface area contributed by atoms with E-state index in [-0.39, 0.29) is 11.2 Å². The quantitative estimate of drug-likeness (QED) is 0.716. The van der Waals surface area contributed by atoms with Crippen LogP contribution in [-0.2, 0) is 9.59 Å². The van der Waals surface area contributed by atoms with E-state index < -0.39 is 0 Å². The van der Waals surface area contributed by atoms with Crippen LogP contribution in [0.4, 0.5) is 0 Å². The van der Waals surface area contributed by atoms with Crippen LogP contribution in [0.2, 0.25) is 0 Å². The summed E-state index contributed by atoms with van der Waals surface area (Å²) in [5.41, 5.74) is -0.150. The van der Waals surface area contributed by atoms with Crippen molar-refractivity contribution in [1.82, 2.24) is 0 Å². The third-order valence-corrected chi connectivity index (χ3v) is 4.21. The van der Waals surface area contributed by atoms with Gasteiger partial charge >= 0.3 is 0 Å². The zero-order valence-corrected chi connectivity index (χ0v) is 10.8. The van der Waals surface area contributed by atoms with Gasteiger partial charge in [0.1, 0.15) is 11.6 Å². The summed E-state index contributed by atoms with van der Waals surface area (Å²) < 4.78 is 0. The molecule has 0 radical (unpaired) electrons. The van der Waals surface area contributed by atoms with Gasteiger partial charge in [-0.05, 0) is 38.5 Å². The molecule has 0 aliphatic heterocycles. The average molecular weight is 224 g/mol. The van der Waals surface area contributed by atoms with Crippen LogP contribution >= 0.6 is 0 Å². The first-order chi connectivity index (χ1) is 7.50. The molecular formula is C14H24O2. The second-order valence-corrected chi connectivity index (χ2v) is 5.39. The van der Waals surface area contributed by atoms with Crippen molar-refractivity contribution in [2.45, 2.75) is 65.7 Å². The minimum atomic E-state index is -0.150. The smallest absolute Gasteiger partial charge is 0.139 e. The van der Waals surface area contributed by atoms with Crippen LogP contribution in [0.5, 0.6) is 0 Å². The molecular weight excluding hydrogens is 200 g/mol. The van der Waals surface area contributed by atoms with Gasteiger partial charge in [0.2, 0.25) is 0 Å². The molecule has 0 bridgehead atoms. The molecule has 0 aromatic heterocycles. The van der Waals surface area contributed by atoms with E-state index in [0.29, 0.717) is 18.1 Å². The summed E-state index contributed by atoms with van der Waals surface area (Å²) in [6, 6.07) is 0. The van der Waals surface area contributed by atoms with E-state index in [2.05, 4.69) is 13.8 Å². The van der Waals surface area contributed by atoms with Crippen molar-refractivity contribution >= 4 is 11.6 Å². The van der Waals surface area contributed by atoms with Gasteiger partial charge in [0.15, 0.2) is 0 Å². The van der Waals surface area contributed by atoms with E-state index in [4.69, 9.17) is 0 Å². The first-order valence-electron chi connectivity index (χ1n) is 6.53. The van der Waals surface area contributed by atoms with E-state index in [1.165, 1.54) is 6.42 Å². The summed E-state index contributed by atoms with van der Waals surface area (Å²) in [6.45, 7) is 5.91. The van der Waals surface area contributed by atoms with Crippen LogP contribution in [0.15, 0.2) is 0 Å². The van der Waals surface area contributed by atoms with E-state index in [1.54, 1.807) is 6.92 Å². The summed E-state index contributed by atoms with van der Waals surface area (Å²) in [5, 5.41) is 0. The molecule has 0 aromatic carbocycles. The molecule has 2 atom stereocenters. The molecule has 16 heavy (non-hydrogen) atoms. The molecule has 1 saturated carbocycles. The van der Waals surface area contributed by atoms with Gasteiger partial charge in [-0.3, -0.25) is 4.79 Å². The van der Waals surface area contributed by atoms with Crippen molar-refractivity contribution in [2.24, 2.45) is 11.3 Å². The molecule has 2 heteroatoms. The molecule has 1 rings (SSSR count). The fraction of sp³-hybridized carbons (Fsp3) is 0.857. The molecule has 1 fully saturated rings. The minimum Gasteiger partial charge on any atom is -0.300 e. The Kier molecular flexibility index (Phi) is 4.69. The molecule has 0 aromatic rings. The molecule has 0 heterocycles. The van der Waals surface area contributed by atoms with Crippen LogP contribution in [-0.4, -0.2) is 11.6 Å². The van der Waals surface area contributed by atoms with Crippen molar-refractivity contribution in [3.63, 3.8) is 0 Å². The van der Waals surface area contributed by atoms with E-state index in [1.807, 2.05) is 0 Å². The Morgan fingerprint density at radius 3 is 2.75 bits per heavy atom. The molecule has 1 aliphatic carbocycles. The lowest BCUT2D eigenvalue weighted by Gasteiger charge is -2.40. The Morgan fingerprint density at radius 1 is 1.50 bits per heavy atom. The maximum absolute atomic E-state index is 12.1. The highest BCUT2D eigenvalue weighted by molar-refractivity contribution is 5.85. The summed E-state index contributed by atoms with van der Waals surface area (Å²) in [7, 11) is 0. The Balaban J connectivity index is 2.61. The number of Topliss-reactive ketones (excluding diaryl/α,β-unsaturated/α-hetero) is 2. The third-order valence-electron chi connectivity index (χ3n) is 4.21. The average Bonchev–Trinajstić information content (AvgIpc) is 2.22. The van der Waals surface area contributed by atoms with Gasteiger partial charge in [-0.1, -0.05) is 20.3 Å². The maximum Gasteiger partial charge on any atom is 0.139 e. The van der Waals surface area contributed by atoms with E-state index in [9.17, 15) is 9.59 Å².